The third kappa shape index (κ3) is 6.06. The van der Waals surface area contributed by atoms with E-state index in [9.17, 15) is 9.90 Å². The van der Waals surface area contributed by atoms with E-state index in [1.807, 2.05) is 71.3 Å². The van der Waals surface area contributed by atoms with Crippen molar-refractivity contribution in [3.05, 3.63) is 101 Å². The number of carbonyl (C=O) groups excluding carboxylic acids is 1. The van der Waals surface area contributed by atoms with Gasteiger partial charge in [-0.25, -0.2) is 5.43 Å². The lowest BCUT2D eigenvalue weighted by molar-refractivity contribution is -0.118. The zero-order valence-electron chi connectivity index (χ0n) is 18.6. The topological polar surface area (TPSA) is 92.4 Å². The van der Waals surface area contributed by atoms with Crippen LogP contribution in [0.2, 0.25) is 0 Å². The number of phenolic OH excluding ortho intramolecular Hbond substituents is 1. The molecular weight excluding hydrogens is 526 g/mol. The largest absolute Gasteiger partial charge is 0.507 e. The maximum atomic E-state index is 12.4. The summed E-state index contributed by atoms with van der Waals surface area (Å²) in [6.45, 7) is 3.69. The zero-order chi connectivity index (χ0) is 24.6. The molecular formula is C26H22BrN5O2S. The number of rotatable bonds is 9. The average molecular weight is 548 g/mol. The van der Waals surface area contributed by atoms with Gasteiger partial charge >= 0.3 is 0 Å². The number of para-hydroxylation sites is 1. The van der Waals surface area contributed by atoms with Gasteiger partial charge in [-0.1, -0.05) is 76.2 Å². The molecule has 0 bridgehead atoms. The lowest BCUT2D eigenvalue weighted by Crippen LogP contribution is -2.20. The van der Waals surface area contributed by atoms with Crippen LogP contribution in [0.25, 0.3) is 17.1 Å². The number of hydrazone groups is 1. The number of hydrogen-bond donors (Lipinski definition) is 2. The van der Waals surface area contributed by atoms with Gasteiger partial charge in [-0.15, -0.1) is 16.8 Å². The van der Waals surface area contributed by atoms with Crippen molar-refractivity contribution in [1.82, 2.24) is 20.2 Å². The molecule has 0 saturated carbocycles. The van der Waals surface area contributed by atoms with E-state index in [2.05, 4.69) is 43.2 Å². The van der Waals surface area contributed by atoms with Crippen molar-refractivity contribution in [1.29, 1.82) is 0 Å². The Bertz CT molecular complexity index is 1350. The number of benzene rings is 3. The molecule has 35 heavy (non-hydrogen) atoms. The number of nitrogens with one attached hydrogen (secondary N) is 1. The number of thioether (sulfide) groups is 1. The van der Waals surface area contributed by atoms with Crippen molar-refractivity contribution in [2.24, 2.45) is 5.10 Å². The maximum Gasteiger partial charge on any atom is 0.250 e. The Balaban J connectivity index is 1.48. The highest BCUT2D eigenvalue weighted by Gasteiger charge is 2.17. The number of carbonyl (C=O) groups is 1. The fourth-order valence-corrected chi connectivity index (χ4v) is 4.34. The second-order valence-corrected chi connectivity index (χ2v) is 9.27. The van der Waals surface area contributed by atoms with Crippen LogP contribution in [0.1, 0.15) is 11.1 Å². The lowest BCUT2D eigenvalue weighted by atomic mass is 10.1. The number of nitrogens with zero attached hydrogens (tertiary/aromatic N) is 4. The fraction of sp³-hybridized carbons (Fsp3) is 0.0769. The van der Waals surface area contributed by atoms with Crippen molar-refractivity contribution >= 4 is 39.8 Å². The first-order chi connectivity index (χ1) is 17.1. The van der Waals surface area contributed by atoms with Gasteiger partial charge in [-0.3, -0.25) is 9.36 Å². The van der Waals surface area contributed by atoms with E-state index in [1.165, 1.54) is 18.0 Å². The molecule has 1 amide bonds. The summed E-state index contributed by atoms with van der Waals surface area (Å²) < 4.78 is 2.88. The third-order valence-corrected chi connectivity index (χ3v) is 6.45. The molecule has 1 heterocycles. The van der Waals surface area contributed by atoms with Gasteiger partial charge < -0.3 is 5.11 Å². The monoisotopic (exact) mass is 547 g/mol. The van der Waals surface area contributed by atoms with Crippen LogP contribution >= 0.6 is 27.7 Å². The summed E-state index contributed by atoms with van der Waals surface area (Å²) in [6.07, 6.45) is 3.67. The third-order valence-electron chi connectivity index (χ3n) is 4.99. The molecule has 0 fully saturated rings. The molecule has 4 aromatic rings. The smallest absolute Gasteiger partial charge is 0.250 e. The van der Waals surface area contributed by atoms with Gasteiger partial charge in [0.25, 0.3) is 5.91 Å². The minimum atomic E-state index is -0.306. The number of hydrogen-bond acceptors (Lipinski definition) is 6. The molecule has 0 aliphatic carbocycles. The Hall–Kier alpha value is -3.69. The van der Waals surface area contributed by atoms with Crippen LogP contribution in [0.3, 0.4) is 0 Å². The van der Waals surface area contributed by atoms with Crippen LogP contribution in [-0.2, 0) is 11.2 Å². The summed E-state index contributed by atoms with van der Waals surface area (Å²) >= 11 is 4.72. The van der Waals surface area contributed by atoms with Gasteiger partial charge in [-0.05, 0) is 42.3 Å². The number of halogens is 1. The fourth-order valence-electron chi connectivity index (χ4n) is 3.33. The van der Waals surface area contributed by atoms with E-state index in [4.69, 9.17) is 0 Å². The second-order valence-electron chi connectivity index (χ2n) is 7.41. The molecule has 3 aromatic carbocycles. The molecule has 9 heteroatoms. The average Bonchev–Trinajstić information content (AvgIpc) is 3.30. The second kappa shape index (κ2) is 11.6. The first-order valence-corrected chi connectivity index (χ1v) is 12.5. The number of phenols is 1. The number of aromatic nitrogens is 3. The molecule has 0 unspecified atom stereocenters. The van der Waals surface area contributed by atoms with Gasteiger partial charge in [0, 0.05) is 21.3 Å². The number of allylic oxidation sites excluding steroid dienone is 1. The highest BCUT2D eigenvalue weighted by atomic mass is 79.9. The van der Waals surface area contributed by atoms with Crippen molar-refractivity contribution < 1.29 is 9.90 Å². The summed E-state index contributed by atoms with van der Waals surface area (Å²) in [5.74, 6) is 0.586. The molecule has 0 saturated heterocycles. The van der Waals surface area contributed by atoms with Crippen LogP contribution in [-0.4, -0.2) is 37.7 Å². The molecule has 0 spiro atoms. The lowest BCUT2D eigenvalue weighted by Gasteiger charge is -2.10. The van der Waals surface area contributed by atoms with Gasteiger partial charge in [0.15, 0.2) is 11.0 Å². The summed E-state index contributed by atoms with van der Waals surface area (Å²) in [4.78, 5) is 12.4. The van der Waals surface area contributed by atoms with Crippen molar-refractivity contribution in [2.75, 3.05) is 5.75 Å². The zero-order valence-corrected chi connectivity index (χ0v) is 21.0. The Morgan fingerprint density at radius 3 is 2.60 bits per heavy atom. The van der Waals surface area contributed by atoms with Gasteiger partial charge in [0.1, 0.15) is 5.75 Å². The highest BCUT2D eigenvalue weighted by molar-refractivity contribution is 9.10. The Labute approximate surface area is 215 Å². The molecule has 4 rings (SSSR count). The van der Waals surface area contributed by atoms with Crippen LogP contribution in [0, 0.1) is 0 Å². The van der Waals surface area contributed by atoms with Gasteiger partial charge in [0.2, 0.25) is 0 Å². The van der Waals surface area contributed by atoms with Crippen LogP contribution in [0.4, 0.5) is 0 Å². The first-order valence-electron chi connectivity index (χ1n) is 10.7. The van der Waals surface area contributed by atoms with Crippen LogP contribution < -0.4 is 5.43 Å². The summed E-state index contributed by atoms with van der Waals surface area (Å²) in [5.41, 5.74) is 5.56. The van der Waals surface area contributed by atoms with Crippen molar-refractivity contribution in [3.8, 4) is 22.8 Å². The van der Waals surface area contributed by atoms with E-state index < -0.39 is 0 Å². The highest BCUT2D eigenvalue weighted by Crippen LogP contribution is 2.28. The molecule has 0 radical (unpaired) electrons. The summed E-state index contributed by atoms with van der Waals surface area (Å²) in [6, 6.07) is 22.9. The molecule has 1 aromatic heterocycles. The maximum absolute atomic E-state index is 12.4. The minimum absolute atomic E-state index is 0.0866. The van der Waals surface area contributed by atoms with Gasteiger partial charge in [0.05, 0.1) is 12.0 Å². The normalized spacial score (nSPS) is 11.0. The first kappa shape index (κ1) is 24.4. The Kier molecular flexibility index (Phi) is 8.12. The van der Waals surface area contributed by atoms with E-state index >= 15 is 0 Å². The number of aromatic hydroxyl groups is 1. The predicted octanol–water partition coefficient (Wildman–Crippen LogP) is 5.37. The summed E-state index contributed by atoms with van der Waals surface area (Å²) in [7, 11) is 0. The SMILES string of the molecule is C=CCc1cccc(/C=N\NC(=O)CSc2nnc(-c3ccccc3)n2-c2ccc(Br)cc2)c1O. The molecule has 0 atom stereocenters. The molecule has 2 N–H and O–H groups in total. The van der Waals surface area contributed by atoms with Crippen molar-refractivity contribution in [3.63, 3.8) is 0 Å². The molecule has 0 aliphatic rings. The van der Waals surface area contributed by atoms with E-state index in [0.717, 1.165) is 21.3 Å². The van der Waals surface area contributed by atoms with Crippen LogP contribution in [0.5, 0.6) is 5.75 Å². The van der Waals surface area contributed by atoms with E-state index in [0.29, 0.717) is 23.0 Å². The Morgan fingerprint density at radius 1 is 1.09 bits per heavy atom. The predicted molar refractivity (Wildman–Crippen MR) is 143 cm³/mol. The van der Waals surface area contributed by atoms with Crippen molar-refractivity contribution in [2.45, 2.75) is 11.6 Å². The molecule has 0 aliphatic heterocycles. The molecule has 176 valence electrons. The minimum Gasteiger partial charge on any atom is -0.507 e. The van der Waals surface area contributed by atoms with Gasteiger partial charge in [-0.2, -0.15) is 5.10 Å². The van der Waals surface area contributed by atoms with E-state index in [-0.39, 0.29) is 17.4 Å². The van der Waals surface area contributed by atoms with Crippen LogP contribution in [0.15, 0.2) is 100 Å². The summed E-state index contributed by atoms with van der Waals surface area (Å²) in [5, 5.41) is 23.6. The quantitative estimate of drug-likeness (QED) is 0.127. The Morgan fingerprint density at radius 2 is 1.86 bits per heavy atom. The standard InChI is InChI=1S/C26H22BrN5O2S/c1-2-7-18-10-6-11-20(24(18)34)16-28-29-23(33)17-35-26-31-30-25(19-8-4-3-5-9-19)32(26)22-14-12-21(27)13-15-22/h2-6,8-16,34H,1,7,17H2,(H,29,33)/b28-16-. The van der Waals surface area contributed by atoms with E-state index in [1.54, 1.807) is 12.1 Å². The molecule has 7 nitrogen and oxygen atoms in total. The number of amides is 1.